The average Bonchev–Trinajstić information content (AvgIpc) is 3.12. The van der Waals surface area contributed by atoms with Crippen LogP contribution < -0.4 is 5.32 Å². The van der Waals surface area contributed by atoms with E-state index in [1.807, 2.05) is 29.1 Å². The first-order valence-electron chi connectivity index (χ1n) is 9.19. The molecule has 1 aromatic heterocycles. The fourth-order valence-corrected chi connectivity index (χ4v) is 2.83. The Morgan fingerprint density at radius 1 is 0.962 bits per heavy atom. The molecule has 3 aromatic rings. The lowest BCUT2D eigenvalue weighted by Crippen LogP contribution is -2.25. The van der Waals surface area contributed by atoms with E-state index >= 15 is 0 Å². The SMILES string of the molecule is CC(C)N(C)Cc1cccc(CNCc2cnn(-c3ccccc3)c2)c1. The fourth-order valence-electron chi connectivity index (χ4n) is 2.83. The first-order chi connectivity index (χ1) is 12.6. The summed E-state index contributed by atoms with van der Waals surface area (Å²) >= 11 is 0. The quantitative estimate of drug-likeness (QED) is 0.668. The zero-order valence-corrected chi connectivity index (χ0v) is 15.9. The van der Waals surface area contributed by atoms with Gasteiger partial charge in [0.15, 0.2) is 0 Å². The van der Waals surface area contributed by atoms with Crippen molar-refractivity contribution in [3.8, 4) is 5.69 Å². The van der Waals surface area contributed by atoms with Crippen molar-refractivity contribution in [1.82, 2.24) is 20.0 Å². The summed E-state index contributed by atoms with van der Waals surface area (Å²) in [6.07, 6.45) is 4.00. The molecule has 0 aliphatic rings. The van der Waals surface area contributed by atoms with Gasteiger partial charge >= 0.3 is 0 Å². The highest BCUT2D eigenvalue weighted by atomic mass is 15.3. The highest BCUT2D eigenvalue weighted by Crippen LogP contribution is 2.10. The summed E-state index contributed by atoms with van der Waals surface area (Å²) in [5.41, 5.74) is 4.94. The third-order valence-corrected chi connectivity index (χ3v) is 4.62. The van der Waals surface area contributed by atoms with Gasteiger partial charge in [0.1, 0.15) is 0 Å². The Labute approximate surface area is 156 Å². The molecule has 0 spiro atoms. The summed E-state index contributed by atoms with van der Waals surface area (Å²) in [7, 11) is 2.17. The molecule has 0 bridgehead atoms. The molecule has 0 amide bonds. The van der Waals surface area contributed by atoms with Crippen LogP contribution in [0.25, 0.3) is 5.69 Å². The van der Waals surface area contributed by atoms with Gasteiger partial charge < -0.3 is 5.32 Å². The number of aromatic nitrogens is 2. The second kappa shape index (κ2) is 8.79. The van der Waals surface area contributed by atoms with E-state index < -0.39 is 0 Å². The van der Waals surface area contributed by atoms with Gasteiger partial charge in [-0.1, -0.05) is 42.5 Å². The van der Waals surface area contributed by atoms with E-state index in [9.17, 15) is 0 Å². The second-order valence-electron chi connectivity index (χ2n) is 7.06. The maximum atomic E-state index is 4.45. The van der Waals surface area contributed by atoms with Gasteiger partial charge in [0, 0.05) is 37.4 Å². The molecule has 2 aromatic carbocycles. The predicted molar refractivity (Wildman–Crippen MR) is 107 cm³/mol. The number of rotatable bonds is 8. The Balaban J connectivity index is 1.53. The van der Waals surface area contributed by atoms with Crippen molar-refractivity contribution in [1.29, 1.82) is 0 Å². The average molecular weight is 348 g/mol. The third kappa shape index (κ3) is 5.04. The number of nitrogens with one attached hydrogen (secondary N) is 1. The van der Waals surface area contributed by atoms with Gasteiger partial charge in [0.25, 0.3) is 0 Å². The summed E-state index contributed by atoms with van der Waals surface area (Å²) in [5.74, 6) is 0. The minimum Gasteiger partial charge on any atom is -0.309 e. The Kier molecular flexibility index (Phi) is 6.21. The smallest absolute Gasteiger partial charge is 0.0645 e. The van der Waals surface area contributed by atoms with Crippen LogP contribution in [0.15, 0.2) is 67.0 Å². The van der Waals surface area contributed by atoms with Gasteiger partial charge in [-0.25, -0.2) is 4.68 Å². The molecule has 0 fully saturated rings. The molecule has 0 saturated carbocycles. The molecule has 4 nitrogen and oxygen atoms in total. The number of nitrogens with zero attached hydrogens (tertiary/aromatic N) is 3. The highest BCUT2D eigenvalue weighted by Gasteiger charge is 2.05. The maximum Gasteiger partial charge on any atom is 0.0645 e. The van der Waals surface area contributed by atoms with Crippen molar-refractivity contribution < 1.29 is 0 Å². The van der Waals surface area contributed by atoms with E-state index in [4.69, 9.17) is 0 Å². The first-order valence-corrected chi connectivity index (χ1v) is 9.19. The monoisotopic (exact) mass is 348 g/mol. The van der Waals surface area contributed by atoms with Crippen LogP contribution in [0.4, 0.5) is 0 Å². The van der Waals surface area contributed by atoms with Gasteiger partial charge in [-0.15, -0.1) is 0 Å². The van der Waals surface area contributed by atoms with E-state index in [0.717, 1.165) is 25.3 Å². The Morgan fingerprint density at radius 2 is 1.69 bits per heavy atom. The van der Waals surface area contributed by atoms with Gasteiger partial charge in [0.05, 0.1) is 11.9 Å². The van der Waals surface area contributed by atoms with Crippen LogP contribution in [0.1, 0.15) is 30.5 Å². The van der Waals surface area contributed by atoms with E-state index in [0.29, 0.717) is 6.04 Å². The minimum atomic E-state index is 0.554. The second-order valence-corrected chi connectivity index (χ2v) is 7.06. The molecular weight excluding hydrogens is 320 g/mol. The fraction of sp³-hybridized carbons (Fsp3) is 0.318. The maximum absolute atomic E-state index is 4.45. The zero-order valence-electron chi connectivity index (χ0n) is 15.9. The van der Waals surface area contributed by atoms with Crippen LogP contribution in [0, 0.1) is 0 Å². The molecule has 0 aliphatic carbocycles. The summed E-state index contributed by atoms with van der Waals surface area (Å²) in [5, 5.41) is 7.97. The highest BCUT2D eigenvalue weighted by molar-refractivity contribution is 5.31. The van der Waals surface area contributed by atoms with Crippen molar-refractivity contribution in [3.05, 3.63) is 83.7 Å². The van der Waals surface area contributed by atoms with Gasteiger partial charge in [-0.2, -0.15) is 5.10 Å². The summed E-state index contributed by atoms with van der Waals surface area (Å²) in [6.45, 7) is 7.09. The lowest BCUT2D eigenvalue weighted by molar-refractivity contribution is 0.266. The standard InChI is InChI=1S/C22H28N4/c1-18(2)25(3)16-20-9-7-8-19(12-20)13-23-14-21-15-24-26(17-21)22-10-5-4-6-11-22/h4-12,15,17-18,23H,13-14,16H2,1-3H3. The van der Waals surface area contributed by atoms with Gasteiger partial charge in [0.2, 0.25) is 0 Å². The molecule has 0 unspecified atom stereocenters. The molecular formula is C22H28N4. The summed E-state index contributed by atoms with van der Waals surface area (Å²) in [6, 6.07) is 19.6. The van der Waals surface area contributed by atoms with Crippen LogP contribution in [0.3, 0.4) is 0 Å². The van der Waals surface area contributed by atoms with Crippen molar-refractivity contribution in [3.63, 3.8) is 0 Å². The van der Waals surface area contributed by atoms with Crippen LogP contribution in [-0.4, -0.2) is 27.8 Å². The normalized spacial score (nSPS) is 11.4. The first kappa shape index (κ1) is 18.4. The number of benzene rings is 2. The largest absolute Gasteiger partial charge is 0.309 e. The van der Waals surface area contributed by atoms with E-state index in [1.54, 1.807) is 0 Å². The number of para-hydroxylation sites is 1. The predicted octanol–water partition coefficient (Wildman–Crippen LogP) is 4.00. The van der Waals surface area contributed by atoms with Crippen molar-refractivity contribution in [2.24, 2.45) is 0 Å². The van der Waals surface area contributed by atoms with E-state index in [-0.39, 0.29) is 0 Å². The van der Waals surface area contributed by atoms with Crippen molar-refractivity contribution >= 4 is 0 Å². The molecule has 136 valence electrons. The van der Waals surface area contributed by atoms with Crippen LogP contribution in [0.2, 0.25) is 0 Å². The van der Waals surface area contributed by atoms with Crippen LogP contribution in [0.5, 0.6) is 0 Å². The molecule has 1 heterocycles. The molecule has 26 heavy (non-hydrogen) atoms. The minimum absolute atomic E-state index is 0.554. The van der Waals surface area contributed by atoms with Crippen molar-refractivity contribution in [2.45, 2.75) is 39.5 Å². The van der Waals surface area contributed by atoms with Crippen LogP contribution in [-0.2, 0) is 19.6 Å². The van der Waals surface area contributed by atoms with Crippen molar-refractivity contribution in [2.75, 3.05) is 7.05 Å². The number of hydrogen-bond donors (Lipinski definition) is 1. The lowest BCUT2D eigenvalue weighted by Gasteiger charge is -2.21. The summed E-state index contributed by atoms with van der Waals surface area (Å²) < 4.78 is 1.92. The molecule has 4 heteroatoms. The molecule has 0 aliphatic heterocycles. The zero-order chi connectivity index (χ0) is 18.4. The molecule has 0 atom stereocenters. The lowest BCUT2D eigenvalue weighted by atomic mass is 10.1. The molecule has 0 radical (unpaired) electrons. The van der Waals surface area contributed by atoms with E-state index in [2.05, 4.69) is 78.8 Å². The molecule has 1 N–H and O–H groups in total. The Morgan fingerprint density at radius 3 is 2.46 bits per heavy atom. The number of hydrogen-bond acceptors (Lipinski definition) is 3. The van der Waals surface area contributed by atoms with E-state index in [1.165, 1.54) is 16.7 Å². The van der Waals surface area contributed by atoms with Gasteiger partial charge in [-0.05, 0) is 44.2 Å². The topological polar surface area (TPSA) is 33.1 Å². The summed E-state index contributed by atoms with van der Waals surface area (Å²) in [4.78, 5) is 2.35. The van der Waals surface area contributed by atoms with Crippen LogP contribution >= 0.6 is 0 Å². The third-order valence-electron chi connectivity index (χ3n) is 4.62. The van der Waals surface area contributed by atoms with Gasteiger partial charge in [-0.3, -0.25) is 4.90 Å². The molecule has 3 rings (SSSR count). The Bertz CT molecular complexity index is 808. The molecule has 0 saturated heterocycles. The Hall–Kier alpha value is -2.43.